The number of benzene rings is 2. The molecule has 2 N–H and O–H groups in total. The van der Waals surface area contributed by atoms with Crippen molar-refractivity contribution in [2.75, 3.05) is 7.05 Å². The van der Waals surface area contributed by atoms with Crippen LogP contribution in [0.2, 0.25) is 10.0 Å². The number of rotatable bonds is 6. The van der Waals surface area contributed by atoms with Crippen LogP contribution >= 0.6 is 23.2 Å². The van der Waals surface area contributed by atoms with Crippen molar-refractivity contribution >= 4 is 29.2 Å². The third kappa shape index (κ3) is 5.74. The van der Waals surface area contributed by atoms with Gasteiger partial charge in [-0.05, 0) is 28.8 Å². The summed E-state index contributed by atoms with van der Waals surface area (Å²) >= 11 is 12.1. The Hall–Kier alpha value is -2.50. The first-order valence-corrected chi connectivity index (χ1v) is 9.31. The van der Waals surface area contributed by atoms with Crippen molar-refractivity contribution in [1.29, 1.82) is 0 Å². The van der Waals surface area contributed by atoms with Crippen LogP contribution in [0.1, 0.15) is 16.7 Å². The van der Waals surface area contributed by atoms with Gasteiger partial charge in [0, 0.05) is 49.1 Å². The number of hydrogen-bond acceptors (Lipinski definition) is 2. The minimum atomic E-state index is 0.569. The average molecular weight is 402 g/mol. The van der Waals surface area contributed by atoms with Crippen LogP contribution < -0.4 is 10.6 Å². The molecule has 140 valence electrons. The molecule has 0 saturated carbocycles. The maximum Gasteiger partial charge on any atom is 0.191 e. The number of aliphatic imine (C=N–C) groups is 1. The SMILES string of the molecule is CN=C(NCc1ccc(Cn2ccnc2)cc1)NCc1ccc(Cl)cc1Cl. The van der Waals surface area contributed by atoms with Gasteiger partial charge in [0.25, 0.3) is 0 Å². The molecule has 0 aliphatic rings. The van der Waals surface area contributed by atoms with E-state index in [-0.39, 0.29) is 0 Å². The van der Waals surface area contributed by atoms with Crippen molar-refractivity contribution in [1.82, 2.24) is 20.2 Å². The van der Waals surface area contributed by atoms with Crippen molar-refractivity contribution < 1.29 is 0 Å². The van der Waals surface area contributed by atoms with E-state index < -0.39 is 0 Å². The Morgan fingerprint density at radius 3 is 2.44 bits per heavy atom. The minimum Gasteiger partial charge on any atom is -0.352 e. The molecule has 3 aromatic rings. The van der Waals surface area contributed by atoms with Crippen LogP contribution in [0, 0.1) is 0 Å². The standard InChI is InChI=1S/C20H21Cl2N5/c1-23-20(26-12-17-6-7-18(21)10-19(17)22)25-11-15-2-4-16(5-3-15)13-27-9-8-24-14-27/h2-10,14H,11-13H2,1H3,(H2,23,25,26). The van der Waals surface area contributed by atoms with Crippen LogP contribution in [-0.2, 0) is 19.6 Å². The third-order valence-corrected chi connectivity index (χ3v) is 4.68. The molecule has 0 fully saturated rings. The van der Waals surface area contributed by atoms with Gasteiger partial charge in [0.15, 0.2) is 5.96 Å². The van der Waals surface area contributed by atoms with Gasteiger partial charge in [-0.1, -0.05) is 53.5 Å². The Bertz CT molecular complexity index is 889. The van der Waals surface area contributed by atoms with Gasteiger partial charge < -0.3 is 15.2 Å². The highest BCUT2D eigenvalue weighted by Gasteiger charge is 2.04. The fraction of sp³-hybridized carbons (Fsp3) is 0.200. The highest BCUT2D eigenvalue weighted by molar-refractivity contribution is 6.35. The number of hydrogen-bond donors (Lipinski definition) is 2. The molecule has 7 heteroatoms. The number of halogens is 2. The van der Waals surface area contributed by atoms with Crippen LogP contribution in [0.25, 0.3) is 0 Å². The van der Waals surface area contributed by atoms with Crippen molar-refractivity contribution in [3.05, 3.63) is 87.9 Å². The predicted octanol–water partition coefficient (Wildman–Crippen LogP) is 4.10. The topological polar surface area (TPSA) is 54.2 Å². The number of imidazole rings is 1. The molecule has 27 heavy (non-hydrogen) atoms. The molecule has 0 bridgehead atoms. The zero-order valence-corrected chi connectivity index (χ0v) is 16.5. The maximum atomic E-state index is 6.20. The van der Waals surface area contributed by atoms with E-state index in [9.17, 15) is 0 Å². The second kappa shape index (κ2) is 9.44. The molecule has 0 spiro atoms. The molecule has 1 aromatic heterocycles. The number of aromatic nitrogens is 2. The first kappa shape index (κ1) is 19.3. The van der Waals surface area contributed by atoms with Crippen LogP contribution in [-0.4, -0.2) is 22.6 Å². The monoisotopic (exact) mass is 401 g/mol. The lowest BCUT2D eigenvalue weighted by molar-refractivity contribution is 0.792. The lowest BCUT2D eigenvalue weighted by Gasteiger charge is -2.13. The van der Waals surface area contributed by atoms with Gasteiger partial charge in [-0.2, -0.15) is 0 Å². The summed E-state index contributed by atoms with van der Waals surface area (Å²) in [6.07, 6.45) is 5.56. The van der Waals surface area contributed by atoms with Crippen LogP contribution in [0.5, 0.6) is 0 Å². The summed E-state index contributed by atoms with van der Waals surface area (Å²) in [6, 6.07) is 13.9. The predicted molar refractivity (Wildman–Crippen MR) is 111 cm³/mol. The van der Waals surface area contributed by atoms with E-state index in [2.05, 4.69) is 44.9 Å². The summed E-state index contributed by atoms with van der Waals surface area (Å²) in [5.41, 5.74) is 3.38. The zero-order chi connectivity index (χ0) is 19.1. The van der Waals surface area contributed by atoms with E-state index >= 15 is 0 Å². The van der Waals surface area contributed by atoms with Gasteiger partial charge in [-0.15, -0.1) is 0 Å². The average Bonchev–Trinajstić information content (AvgIpc) is 3.17. The molecular weight excluding hydrogens is 381 g/mol. The molecule has 0 unspecified atom stereocenters. The summed E-state index contributed by atoms with van der Waals surface area (Å²) in [6.45, 7) is 2.07. The number of nitrogens with one attached hydrogen (secondary N) is 2. The van der Waals surface area contributed by atoms with Gasteiger partial charge in [0.2, 0.25) is 0 Å². The van der Waals surface area contributed by atoms with Gasteiger partial charge in [0.05, 0.1) is 6.33 Å². The Labute approximate surface area is 169 Å². The summed E-state index contributed by atoms with van der Waals surface area (Å²) in [4.78, 5) is 8.31. The van der Waals surface area contributed by atoms with Crippen LogP contribution in [0.4, 0.5) is 0 Å². The van der Waals surface area contributed by atoms with E-state index in [4.69, 9.17) is 23.2 Å². The summed E-state index contributed by atoms with van der Waals surface area (Å²) in [7, 11) is 1.74. The molecule has 0 amide bonds. The second-order valence-electron chi connectivity index (χ2n) is 6.07. The fourth-order valence-corrected chi connectivity index (χ4v) is 3.08. The molecule has 0 aliphatic carbocycles. The molecule has 2 aromatic carbocycles. The summed E-state index contributed by atoms with van der Waals surface area (Å²) < 4.78 is 2.04. The van der Waals surface area contributed by atoms with Gasteiger partial charge in [-0.25, -0.2) is 4.98 Å². The quantitative estimate of drug-likeness (QED) is 0.482. The van der Waals surface area contributed by atoms with E-state index in [1.54, 1.807) is 19.3 Å². The van der Waals surface area contributed by atoms with Crippen molar-refractivity contribution in [3.8, 4) is 0 Å². The molecule has 3 rings (SSSR count). The fourth-order valence-electron chi connectivity index (χ4n) is 2.60. The molecule has 5 nitrogen and oxygen atoms in total. The lowest BCUT2D eigenvalue weighted by Crippen LogP contribution is -2.36. The van der Waals surface area contributed by atoms with Gasteiger partial charge >= 0.3 is 0 Å². The maximum absolute atomic E-state index is 6.20. The Kier molecular flexibility index (Phi) is 6.74. The number of nitrogens with zero attached hydrogens (tertiary/aromatic N) is 3. The van der Waals surface area contributed by atoms with Crippen molar-refractivity contribution in [2.24, 2.45) is 4.99 Å². The van der Waals surface area contributed by atoms with Gasteiger partial charge in [0.1, 0.15) is 0 Å². The smallest absolute Gasteiger partial charge is 0.191 e. The number of guanidine groups is 1. The van der Waals surface area contributed by atoms with Gasteiger partial charge in [-0.3, -0.25) is 4.99 Å². The second-order valence-corrected chi connectivity index (χ2v) is 6.91. The molecule has 0 aliphatic heterocycles. The Morgan fingerprint density at radius 2 is 1.78 bits per heavy atom. The van der Waals surface area contributed by atoms with E-state index in [1.165, 1.54) is 11.1 Å². The van der Waals surface area contributed by atoms with Crippen molar-refractivity contribution in [2.45, 2.75) is 19.6 Å². The molecule has 0 radical (unpaired) electrons. The van der Waals surface area contributed by atoms with Crippen molar-refractivity contribution in [3.63, 3.8) is 0 Å². The zero-order valence-electron chi connectivity index (χ0n) is 15.0. The minimum absolute atomic E-state index is 0.569. The Morgan fingerprint density at radius 1 is 1.04 bits per heavy atom. The van der Waals surface area contributed by atoms with E-state index in [0.29, 0.717) is 29.1 Å². The molecule has 1 heterocycles. The Balaban J connectivity index is 1.50. The first-order chi connectivity index (χ1) is 13.1. The van der Waals surface area contributed by atoms with E-state index in [0.717, 1.165) is 12.1 Å². The molecule has 0 saturated heterocycles. The third-order valence-electron chi connectivity index (χ3n) is 4.09. The largest absolute Gasteiger partial charge is 0.352 e. The normalized spacial score (nSPS) is 11.4. The summed E-state index contributed by atoms with van der Waals surface area (Å²) in [5.74, 6) is 0.712. The van der Waals surface area contributed by atoms with Crippen LogP contribution in [0.15, 0.2) is 66.2 Å². The first-order valence-electron chi connectivity index (χ1n) is 8.56. The van der Waals surface area contributed by atoms with E-state index in [1.807, 2.05) is 29.2 Å². The molecular formula is C20H21Cl2N5. The highest BCUT2D eigenvalue weighted by Crippen LogP contribution is 2.20. The molecule has 0 atom stereocenters. The van der Waals surface area contributed by atoms with Crippen LogP contribution in [0.3, 0.4) is 0 Å². The lowest BCUT2D eigenvalue weighted by atomic mass is 10.1. The highest BCUT2D eigenvalue weighted by atomic mass is 35.5. The summed E-state index contributed by atoms with van der Waals surface area (Å²) in [5, 5.41) is 7.83.